The molecule has 15 heavy (non-hydrogen) atoms. The number of piperidine rings is 1. The number of carboxylic acids is 1. The van der Waals surface area contributed by atoms with Gasteiger partial charge in [-0.05, 0) is 37.8 Å². The zero-order valence-electron chi connectivity index (χ0n) is 9.77. The van der Waals surface area contributed by atoms with Gasteiger partial charge < -0.3 is 5.11 Å². The Bertz CT molecular complexity index is 201. The van der Waals surface area contributed by atoms with Gasteiger partial charge in [-0.25, -0.2) is 0 Å². The number of likely N-dealkylation sites (tertiary alicyclic amines) is 1. The Labute approximate surface area is 98.3 Å². The lowest BCUT2D eigenvalue weighted by molar-refractivity contribution is -0.145. The molecule has 90 valence electrons. The molecule has 0 aromatic heterocycles. The quantitative estimate of drug-likeness (QED) is 0.816. The Morgan fingerprint density at radius 3 is 2.13 bits per heavy atom. The minimum atomic E-state index is -0.672. The lowest BCUT2D eigenvalue weighted by atomic mass is 9.94. The van der Waals surface area contributed by atoms with Crippen LogP contribution in [0.15, 0.2) is 0 Å². The number of carbonyl (C=O) groups is 1. The minimum Gasteiger partial charge on any atom is -0.480 e. The third kappa shape index (κ3) is 3.99. The molecule has 1 heterocycles. The van der Waals surface area contributed by atoms with Gasteiger partial charge >= 0.3 is 5.97 Å². The Kier molecular flexibility index (Phi) is 6.22. The van der Waals surface area contributed by atoms with Crippen LogP contribution in [0.4, 0.5) is 0 Å². The molecule has 0 aliphatic carbocycles. The smallest absolute Gasteiger partial charge is 0.321 e. The maximum Gasteiger partial charge on any atom is 0.321 e. The van der Waals surface area contributed by atoms with Crippen LogP contribution in [0.2, 0.25) is 0 Å². The highest BCUT2D eigenvalue weighted by atomic mass is 35.5. The summed E-state index contributed by atoms with van der Waals surface area (Å²) in [5.41, 5.74) is 0. The van der Waals surface area contributed by atoms with Crippen molar-refractivity contribution < 1.29 is 9.90 Å². The second kappa shape index (κ2) is 6.33. The molecule has 0 saturated carbocycles. The van der Waals surface area contributed by atoms with Crippen molar-refractivity contribution in [2.75, 3.05) is 13.1 Å². The molecule has 0 spiro atoms. The fraction of sp³-hybridized carbons (Fsp3) is 0.909. The van der Waals surface area contributed by atoms with Gasteiger partial charge in [-0.3, -0.25) is 9.69 Å². The summed E-state index contributed by atoms with van der Waals surface area (Å²) in [6.45, 7) is 8.09. The van der Waals surface area contributed by atoms with Crippen LogP contribution in [0, 0.1) is 11.8 Å². The zero-order valence-corrected chi connectivity index (χ0v) is 10.6. The van der Waals surface area contributed by atoms with Crippen molar-refractivity contribution in [2.45, 2.75) is 39.7 Å². The molecule has 1 aliphatic rings. The Balaban J connectivity index is 0.00000196. The molecule has 0 aromatic rings. The van der Waals surface area contributed by atoms with Gasteiger partial charge in [0.25, 0.3) is 0 Å². The van der Waals surface area contributed by atoms with Crippen LogP contribution in [-0.2, 0) is 4.79 Å². The van der Waals surface area contributed by atoms with Crippen LogP contribution in [0.1, 0.15) is 33.6 Å². The Morgan fingerprint density at radius 1 is 1.33 bits per heavy atom. The summed E-state index contributed by atoms with van der Waals surface area (Å²) in [5, 5.41) is 9.12. The van der Waals surface area contributed by atoms with Crippen molar-refractivity contribution in [3.05, 3.63) is 0 Å². The van der Waals surface area contributed by atoms with Crippen LogP contribution in [0.3, 0.4) is 0 Å². The van der Waals surface area contributed by atoms with Gasteiger partial charge in [-0.15, -0.1) is 12.4 Å². The number of hydrogen-bond donors (Lipinski definition) is 1. The predicted octanol–water partition coefficient (Wildman–Crippen LogP) is 2.25. The molecule has 1 rings (SSSR count). The molecule has 4 heteroatoms. The first-order valence-electron chi connectivity index (χ1n) is 5.49. The van der Waals surface area contributed by atoms with Crippen molar-refractivity contribution in [3.8, 4) is 0 Å². The topological polar surface area (TPSA) is 40.5 Å². The summed E-state index contributed by atoms with van der Waals surface area (Å²) in [4.78, 5) is 13.2. The molecule has 0 amide bonds. The van der Waals surface area contributed by atoms with Gasteiger partial charge in [0.05, 0.1) is 0 Å². The third-order valence-electron chi connectivity index (χ3n) is 3.10. The van der Waals surface area contributed by atoms with Crippen molar-refractivity contribution in [1.82, 2.24) is 4.90 Å². The average Bonchev–Trinajstić information content (AvgIpc) is 2.07. The maximum atomic E-state index is 11.1. The number of nitrogens with zero attached hydrogens (tertiary/aromatic N) is 1. The van der Waals surface area contributed by atoms with E-state index in [4.69, 9.17) is 5.11 Å². The molecule has 0 aromatic carbocycles. The van der Waals surface area contributed by atoms with Gasteiger partial charge in [-0.1, -0.05) is 20.8 Å². The van der Waals surface area contributed by atoms with Gasteiger partial charge in [0.2, 0.25) is 0 Å². The largest absolute Gasteiger partial charge is 0.480 e. The standard InChI is InChI=1S/C11H21NO2.ClH/c1-8(2)10(11(13)14)12-6-4-9(3)5-7-12;/h8-10H,4-7H2,1-3H3,(H,13,14);1H. The summed E-state index contributed by atoms with van der Waals surface area (Å²) in [6.07, 6.45) is 2.27. The number of hydrogen-bond acceptors (Lipinski definition) is 2. The highest BCUT2D eigenvalue weighted by Crippen LogP contribution is 2.21. The Hall–Kier alpha value is -0.280. The van der Waals surface area contributed by atoms with Crippen LogP contribution < -0.4 is 0 Å². The number of carboxylic acid groups (broad SMARTS) is 1. The summed E-state index contributed by atoms with van der Waals surface area (Å²) < 4.78 is 0. The molecule has 0 bridgehead atoms. The molecule has 1 unspecified atom stereocenters. The lowest BCUT2D eigenvalue weighted by Crippen LogP contribution is -2.48. The number of rotatable bonds is 3. The van der Waals surface area contributed by atoms with E-state index in [-0.39, 0.29) is 24.4 Å². The normalized spacial score (nSPS) is 21.1. The summed E-state index contributed by atoms with van der Waals surface area (Å²) >= 11 is 0. The number of aliphatic carboxylic acids is 1. The maximum absolute atomic E-state index is 11.1. The molecule has 1 atom stereocenters. The molecule has 1 fully saturated rings. The lowest BCUT2D eigenvalue weighted by Gasteiger charge is -2.36. The van der Waals surface area contributed by atoms with Crippen LogP contribution in [-0.4, -0.2) is 35.1 Å². The second-order valence-electron chi connectivity index (χ2n) is 4.75. The monoisotopic (exact) mass is 235 g/mol. The minimum absolute atomic E-state index is 0. The summed E-state index contributed by atoms with van der Waals surface area (Å²) in [6, 6.07) is -0.289. The highest BCUT2D eigenvalue weighted by molar-refractivity contribution is 5.85. The van der Waals surface area contributed by atoms with Crippen molar-refractivity contribution in [2.24, 2.45) is 11.8 Å². The number of halogens is 1. The molecule has 0 radical (unpaired) electrons. The first-order valence-corrected chi connectivity index (χ1v) is 5.49. The van der Waals surface area contributed by atoms with E-state index in [1.165, 1.54) is 0 Å². The first-order chi connectivity index (χ1) is 6.52. The van der Waals surface area contributed by atoms with E-state index in [1.807, 2.05) is 13.8 Å². The van der Waals surface area contributed by atoms with Gasteiger partial charge in [0.1, 0.15) is 6.04 Å². The van der Waals surface area contributed by atoms with E-state index in [9.17, 15) is 4.79 Å². The third-order valence-corrected chi connectivity index (χ3v) is 3.10. The van der Waals surface area contributed by atoms with E-state index < -0.39 is 5.97 Å². The second-order valence-corrected chi connectivity index (χ2v) is 4.75. The van der Waals surface area contributed by atoms with Crippen molar-refractivity contribution >= 4 is 18.4 Å². The summed E-state index contributed by atoms with van der Waals surface area (Å²) in [5.74, 6) is 0.281. The zero-order chi connectivity index (χ0) is 10.7. The fourth-order valence-corrected chi connectivity index (χ4v) is 2.17. The van der Waals surface area contributed by atoms with E-state index in [0.29, 0.717) is 0 Å². The molecular formula is C11H22ClNO2. The van der Waals surface area contributed by atoms with Crippen LogP contribution in [0.25, 0.3) is 0 Å². The van der Waals surface area contributed by atoms with E-state index >= 15 is 0 Å². The molecule has 3 nitrogen and oxygen atoms in total. The van der Waals surface area contributed by atoms with Gasteiger partial charge in [0, 0.05) is 0 Å². The molecule has 1 saturated heterocycles. The molecular weight excluding hydrogens is 214 g/mol. The highest BCUT2D eigenvalue weighted by Gasteiger charge is 2.30. The van der Waals surface area contributed by atoms with Crippen LogP contribution >= 0.6 is 12.4 Å². The summed E-state index contributed by atoms with van der Waals surface area (Å²) in [7, 11) is 0. The average molecular weight is 236 g/mol. The van der Waals surface area contributed by atoms with Crippen molar-refractivity contribution in [1.29, 1.82) is 0 Å². The van der Waals surface area contributed by atoms with Gasteiger partial charge in [-0.2, -0.15) is 0 Å². The van der Waals surface area contributed by atoms with Crippen LogP contribution in [0.5, 0.6) is 0 Å². The SMILES string of the molecule is CC1CCN(C(C(=O)O)C(C)C)CC1.Cl. The fourth-order valence-electron chi connectivity index (χ4n) is 2.17. The van der Waals surface area contributed by atoms with Gasteiger partial charge in [0.15, 0.2) is 0 Å². The van der Waals surface area contributed by atoms with E-state index in [2.05, 4.69) is 11.8 Å². The van der Waals surface area contributed by atoms with E-state index in [0.717, 1.165) is 31.8 Å². The molecule has 1 aliphatic heterocycles. The Morgan fingerprint density at radius 2 is 1.80 bits per heavy atom. The first kappa shape index (κ1) is 14.7. The van der Waals surface area contributed by atoms with Crippen molar-refractivity contribution in [3.63, 3.8) is 0 Å². The van der Waals surface area contributed by atoms with E-state index in [1.54, 1.807) is 0 Å². The predicted molar refractivity (Wildman–Crippen MR) is 63.5 cm³/mol. The molecule has 1 N–H and O–H groups in total.